The zero-order valence-electron chi connectivity index (χ0n) is 17.5. The van der Waals surface area contributed by atoms with Gasteiger partial charge >= 0.3 is 0 Å². The first-order valence-electron chi connectivity index (χ1n) is 9.94. The highest BCUT2D eigenvalue weighted by Crippen LogP contribution is 2.28. The summed E-state index contributed by atoms with van der Waals surface area (Å²) in [6.07, 6.45) is 0.975. The van der Waals surface area contributed by atoms with Crippen LogP contribution in [0.2, 0.25) is 0 Å². The molecule has 156 valence electrons. The van der Waals surface area contributed by atoms with E-state index in [0.717, 1.165) is 12.0 Å². The molecule has 2 amide bonds. The summed E-state index contributed by atoms with van der Waals surface area (Å²) in [5.74, 6) is 1.15. The third kappa shape index (κ3) is 7.14. The lowest BCUT2D eigenvalue weighted by Crippen LogP contribution is -2.43. The molecule has 0 bridgehead atoms. The molecule has 0 saturated carbocycles. The Morgan fingerprint density at radius 3 is 2.45 bits per heavy atom. The summed E-state index contributed by atoms with van der Waals surface area (Å²) >= 11 is 0. The third-order valence-corrected chi connectivity index (χ3v) is 4.42. The summed E-state index contributed by atoms with van der Waals surface area (Å²) in [7, 11) is 0. The zero-order valence-corrected chi connectivity index (χ0v) is 17.5. The Kier molecular flexibility index (Phi) is 8.52. The van der Waals surface area contributed by atoms with Crippen LogP contribution in [0.25, 0.3) is 0 Å². The molecule has 2 aromatic carbocycles. The van der Waals surface area contributed by atoms with Crippen molar-refractivity contribution >= 4 is 11.8 Å². The molecule has 0 heterocycles. The van der Waals surface area contributed by atoms with Crippen LogP contribution in [0, 0.1) is 5.92 Å². The summed E-state index contributed by atoms with van der Waals surface area (Å²) in [6.45, 7) is 8.70. The van der Waals surface area contributed by atoms with Crippen molar-refractivity contribution in [2.75, 3.05) is 13.2 Å². The van der Waals surface area contributed by atoms with Gasteiger partial charge in [-0.1, -0.05) is 52.0 Å². The minimum atomic E-state index is -0.440. The highest BCUT2D eigenvalue weighted by atomic mass is 16.5. The van der Waals surface area contributed by atoms with Crippen LogP contribution in [0.5, 0.6) is 11.5 Å². The number of carbonyl (C=O) groups excluding carboxylic acids is 2. The van der Waals surface area contributed by atoms with Crippen molar-refractivity contribution in [1.82, 2.24) is 10.9 Å². The number of amides is 2. The highest BCUT2D eigenvalue weighted by molar-refractivity contribution is 5.95. The van der Waals surface area contributed by atoms with E-state index in [1.54, 1.807) is 24.3 Å². The lowest BCUT2D eigenvalue weighted by molar-refractivity contribution is -0.123. The van der Waals surface area contributed by atoms with Crippen LogP contribution >= 0.6 is 0 Å². The Balaban J connectivity index is 1.85. The van der Waals surface area contributed by atoms with Gasteiger partial charge in [-0.2, -0.15) is 0 Å². The smallest absolute Gasteiger partial charge is 0.276 e. The highest BCUT2D eigenvalue weighted by Gasteiger charge is 2.12. The van der Waals surface area contributed by atoms with Gasteiger partial charge in [0.2, 0.25) is 0 Å². The van der Waals surface area contributed by atoms with Gasteiger partial charge in [-0.05, 0) is 48.1 Å². The summed E-state index contributed by atoms with van der Waals surface area (Å²) in [5.41, 5.74) is 6.24. The second-order valence-electron chi connectivity index (χ2n) is 7.37. The second kappa shape index (κ2) is 11.1. The third-order valence-electron chi connectivity index (χ3n) is 4.42. The van der Waals surface area contributed by atoms with Gasteiger partial charge in [0, 0.05) is 5.56 Å². The number of para-hydroxylation sites is 1. The quantitative estimate of drug-likeness (QED) is 0.624. The standard InChI is InChI=1S/C23H30N2O4/c1-5-17(4)20-11-6-7-12-21(20)29-15-22(26)24-25-23(27)18-9-8-10-19(13-18)28-14-16(2)3/h6-13,16-17H,5,14-15H2,1-4H3,(H,24,26)(H,25,27). The molecule has 0 aliphatic heterocycles. The Morgan fingerprint density at radius 1 is 0.966 bits per heavy atom. The van der Waals surface area contributed by atoms with Gasteiger partial charge in [-0.15, -0.1) is 0 Å². The molecule has 2 N–H and O–H groups in total. The van der Waals surface area contributed by atoms with E-state index in [4.69, 9.17) is 9.47 Å². The maximum absolute atomic E-state index is 12.3. The van der Waals surface area contributed by atoms with Crippen molar-refractivity contribution in [2.24, 2.45) is 5.92 Å². The van der Waals surface area contributed by atoms with Crippen molar-refractivity contribution in [1.29, 1.82) is 0 Å². The Labute approximate surface area is 172 Å². The lowest BCUT2D eigenvalue weighted by Gasteiger charge is -2.15. The van der Waals surface area contributed by atoms with Crippen LogP contribution in [0.4, 0.5) is 0 Å². The number of benzene rings is 2. The molecule has 6 nitrogen and oxygen atoms in total. The fourth-order valence-corrected chi connectivity index (χ4v) is 2.61. The SMILES string of the molecule is CCC(C)c1ccccc1OCC(=O)NNC(=O)c1cccc(OCC(C)C)c1. The number of hydrogen-bond donors (Lipinski definition) is 2. The minimum absolute atomic E-state index is 0.189. The van der Waals surface area contributed by atoms with Crippen molar-refractivity contribution < 1.29 is 19.1 Å². The van der Waals surface area contributed by atoms with Gasteiger partial charge in [0.1, 0.15) is 11.5 Å². The first-order valence-corrected chi connectivity index (χ1v) is 9.94. The lowest BCUT2D eigenvalue weighted by atomic mass is 9.98. The molecule has 1 atom stereocenters. The van der Waals surface area contributed by atoms with Gasteiger partial charge in [0.25, 0.3) is 11.8 Å². The van der Waals surface area contributed by atoms with Gasteiger partial charge in [-0.25, -0.2) is 0 Å². The summed E-state index contributed by atoms with van der Waals surface area (Å²) in [5, 5.41) is 0. The van der Waals surface area contributed by atoms with Crippen molar-refractivity contribution in [3.05, 3.63) is 59.7 Å². The molecule has 0 fully saturated rings. The maximum atomic E-state index is 12.3. The zero-order chi connectivity index (χ0) is 21.2. The van der Waals surface area contributed by atoms with E-state index in [0.29, 0.717) is 35.5 Å². The molecule has 0 radical (unpaired) electrons. The van der Waals surface area contributed by atoms with Gasteiger partial charge in [0.05, 0.1) is 6.61 Å². The molecule has 29 heavy (non-hydrogen) atoms. The number of rotatable bonds is 9. The van der Waals surface area contributed by atoms with Gasteiger partial charge in [-0.3, -0.25) is 20.4 Å². The molecule has 1 unspecified atom stereocenters. The normalized spacial score (nSPS) is 11.6. The molecule has 2 aromatic rings. The Bertz CT molecular complexity index is 820. The number of carbonyl (C=O) groups is 2. The molecular formula is C23H30N2O4. The van der Waals surface area contributed by atoms with Crippen molar-refractivity contribution in [3.8, 4) is 11.5 Å². The predicted molar refractivity (Wildman–Crippen MR) is 113 cm³/mol. The largest absolute Gasteiger partial charge is 0.493 e. The molecule has 0 spiro atoms. The van der Waals surface area contributed by atoms with E-state index in [1.165, 1.54) is 0 Å². The van der Waals surface area contributed by atoms with Crippen LogP contribution in [0.3, 0.4) is 0 Å². The first-order chi connectivity index (χ1) is 13.9. The van der Waals surface area contributed by atoms with E-state index >= 15 is 0 Å². The number of hydrazine groups is 1. The topological polar surface area (TPSA) is 76.7 Å². The van der Waals surface area contributed by atoms with Gasteiger partial charge in [0.15, 0.2) is 6.61 Å². The molecular weight excluding hydrogens is 368 g/mol. The summed E-state index contributed by atoms with van der Waals surface area (Å²) in [4.78, 5) is 24.3. The summed E-state index contributed by atoms with van der Waals surface area (Å²) < 4.78 is 11.3. The fraction of sp³-hybridized carbons (Fsp3) is 0.391. The van der Waals surface area contributed by atoms with Crippen LogP contribution < -0.4 is 20.3 Å². The van der Waals surface area contributed by atoms with Crippen LogP contribution in [0.1, 0.15) is 56.0 Å². The number of nitrogens with one attached hydrogen (secondary N) is 2. The summed E-state index contributed by atoms with van der Waals surface area (Å²) in [6, 6.07) is 14.5. The monoisotopic (exact) mass is 398 g/mol. The maximum Gasteiger partial charge on any atom is 0.276 e. The molecule has 6 heteroatoms. The van der Waals surface area contributed by atoms with Crippen LogP contribution in [0.15, 0.2) is 48.5 Å². The van der Waals surface area contributed by atoms with Crippen LogP contribution in [-0.4, -0.2) is 25.0 Å². The van der Waals surface area contributed by atoms with Crippen LogP contribution in [-0.2, 0) is 4.79 Å². The number of ether oxygens (including phenoxy) is 2. The van der Waals surface area contributed by atoms with E-state index in [1.807, 2.05) is 24.3 Å². The second-order valence-corrected chi connectivity index (χ2v) is 7.37. The van der Waals surface area contributed by atoms with Gasteiger partial charge < -0.3 is 9.47 Å². The molecule has 0 aliphatic rings. The molecule has 0 saturated heterocycles. The average molecular weight is 399 g/mol. The van der Waals surface area contributed by atoms with E-state index in [2.05, 4.69) is 38.5 Å². The van der Waals surface area contributed by atoms with Crippen molar-refractivity contribution in [2.45, 2.75) is 40.0 Å². The van der Waals surface area contributed by atoms with E-state index in [-0.39, 0.29) is 6.61 Å². The fourth-order valence-electron chi connectivity index (χ4n) is 2.61. The predicted octanol–water partition coefficient (Wildman–Crippen LogP) is 4.07. The Morgan fingerprint density at radius 2 is 1.72 bits per heavy atom. The first kappa shape index (κ1) is 22.3. The molecule has 0 aromatic heterocycles. The average Bonchev–Trinajstić information content (AvgIpc) is 2.74. The van der Waals surface area contributed by atoms with Crippen molar-refractivity contribution in [3.63, 3.8) is 0 Å². The van der Waals surface area contributed by atoms with E-state index < -0.39 is 11.8 Å². The minimum Gasteiger partial charge on any atom is -0.493 e. The van der Waals surface area contributed by atoms with E-state index in [9.17, 15) is 9.59 Å². The number of hydrogen-bond acceptors (Lipinski definition) is 4. The molecule has 0 aliphatic carbocycles. The Hall–Kier alpha value is -3.02. The molecule has 2 rings (SSSR count).